The fourth-order valence-electron chi connectivity index (χ4n) is 1.10. The van der Waals surface area contributed by atoms with Crippen molar-refractivity contribution >= 4 is 0 Å². The fraction of sp³-hybridized carbons (Fsp3) is 0.500. The Morgan fingerprint density at radius 3 is 2.21 bits per heavy atom. The molecule has 0 saturated carbocycles. The Morgan fingerprint density at radius 2 is 1.79 bits per heavy atom. The van der Waals surface area contributed by atoms with Gasteiger partial charge < -0.3 is 4.90 Å². The van der Waals surface area contributed by atoms with Gasteiger partial charge in [0.1, 0.15) is 5.82 Å². The minimum atomic E-state index is -0.116. The van der Waals surface area contributed by atoms with Crippen LogP contribution in [0.4, 0.5) is 4.39 Å². The second-order valence-electron chi connectivity index (χ2n) is 3.32. The molecule has 0 aromatic heterocycles. The maximum atomic E-state index is 13.0. The first kappa shape index (κ1) is 13.1. The van der Waals surface area contributed by atoms with E-state index in [4.69, 9.17) is 0 Å². The van der Waals surface area contributed by atoms with Crippen LogP contribution in [0.25, 0.3) is 0 Å². The first-order chi connectivity index (χ1) is 6.59. The average molecular weight is 197 g/mol. The summed E-state index contributed by atoms with van der Waals surface area (Å²) in [6.45, 7) is 6.56. The van der Waals surface area contributed by atoms with Crippen LogP contribution in [0.5, 0.6) is 0 Å². The minimum absolute atomic E-state index is 0.116. The third kappa shape index (κ3) is 4.38. The molecular formula is C12H20FN. The molecule has 0 atom stereocenters. The topological polar surface area (TPSA) is 3.24 Å². The second-order valence-corrected chi connectivity index (χ2v) is 3.32. The zero-order valence-corrected chi connectivity index (χ0v) is 9.76. The van der Waals surface area contributed by atoms with Crippen molar-refractivity contribution in [2.24, 2.45) is 0 Å². The monoisotopic (exact) mass is 197 g/mol. The molecule has 1 rings (SSSR count). The van der Waals surface area contributed by atoms with Gasteiger partial charge in [-0.15, -0.1) is 0 Å². The number of hydrogen-bond acceptors (Lipinski definition) is 1. The zero-order valence-electron chi connectivity index (χ0n) is 9.76. The summed E-state index contributed by atoms with van der Waals surface area (Å²) in [5, 5.41) is 0. The summed E-state index contributed by atoms with van der Waals surface area (Å²) >= 11 is 0. The molecule has 0 N–H and O–H groups in total. The van der Waals surface area contributed by atoms with Crippen molar-refractivity contribution in [2.45, 2.75) is 27.3 Å². The molecule has 0 saturated heterocycles. The molecule has 0 amide bonds. The Kier molecular flexibility index (Phi) is 6.13. The van der Waals surface area contributed by atoms with Crippen molar-refractivity contribution in [3.63, 3.8) is 0 Å². The average Bonchev–Trinajstić information content (AvgIpc) is 2.14. The van der Waals surface area contributed by atoms with E-state index in [-0.39, 0.29) is 5.82 Å². The smallest absolute Gasteiger partial charge is 0.126 e. The van der Waals surface area contributed by atoms with Crippen LogP contribution in [0.3, 0.4) is 0 Å². The van der Waals surface area contributed by atoms with Gasteiger partial charge in [-0.05, 0) is 38.2 Å². The van der Waals surface area contributed by atoms with Crippen molar-refractivity contribution in [1.29, 1.82) is 0 Å². The van der Waals surface area contributed by atoms with E-state index in [0.29, 0.717) is 5.56 Å². The molecule has 0 spiro atoms. The maximum absolute atomic E-state index is 13.0. The van der Waals surface area contributed by atoms with E-state index in [2.05, 4.69) is 0 Å². The van der Waals surface area contributed by atoms with Crippen LogP contribution < -0.4 is 0 Å². The molecule has 0 aliphatic carbocycles. The van der Waals surface area contributed by atoms with E-state index in [0.717, 1.165) is 12.1 Å². The molecule has 0 bridgehead atoms. The number of rotatable bonds is 2. The van der Waals surface area contributed by atoms with Crippen molar-refractivity contribution in [3.05, 3.63) is 35.1 Å². The molecular weight excluding hydrogens is 177 g/mol. The van der Waals surface area contributed by atoms with Gasteiger partial charge in [-0.3, -0.25) is 0 Å². The van der Waals surface area contributed by atoms with Gasteiger partial charge in [0, 0.05) is 6.54 Å². The van der Waals surface area contributed by atoms with Crippen LogP contribution in [0.1, 0.15) is 25.0 Å². The van der Waals surface area contributed by atoms with Gasteiger partial charge in [-0.2, -0.15) is 0 Å². The summed E-state index contributed by atoms with van der Waals surface area (Å²) in [4.78, 5) is 2.02. The van der Waals surface area contributed by atoms with Crippen LogP contribution >= 0.6 is 0 Å². The molecule has 0 aliphatic rings. The first-order valence-electron chi connectivity index (χ1n) is 4.99. The Labute approximate surface area is 86.6 Å². The lowest BCUT2D eigenvalue weighted by Crippen LogP contribution is -2.10. The van der Waals surface area contributed by atoms with Crippen LogP contribution in [-0.4, -0.2) is 19.0 Å². The lowest BCUT2D eigenvalue weighted by molar-refractivity contribution is 0.401. The van der Waals surface area contributed by atoms with Gasteiger partial charge in [0.25, 0.3) is 0 Å². The lowest BCUT2D eigenvalue weighted by Gasteiger charge is -2.09. The summed E-state index contributed by atoms with van der Waals surface area (Å²) in [5.74, 6) is -0.116. The Morgan fingerprint density at radius 1 is 1.21 bits per heavy atom. The molecule has 2 heteroatoms. The van der Waals surface area contributed by atoms with E-state index < -0.39 is 0 Å². The van der Waals surface area contributed by atoms with E-state index >= 15 is 0 Å². The van der Waals surface area contributed by atoms with E-state index in [1.807, 2.05) is 45.0 Å². The van der Waals surface area contributed by atoms with Gasteiger partial charge in [-0.25, -0.2) is 4.39 Å². The second kappa shape index (κ2) is 6.55. The molecule has 0 aliphatic heterocycles. The summed E-state index contributed by atoms with van der Waals surface area (Å²) in [5.41, 5.74) is 1.72. The molecule has 0 fully saturated rings. The van der Waals surface area contributed by atoms with Crippen molar-refractivity contribution in [2.75, 3.05) is 14.1 Å². The Bertz CT molecular complexity index is 269. The van der Waals surface area contributed by atoms with Crippen LogP contribution in [0.2, 0.25) is 0 Å². The highest BCUT2D eigenvalue weighted by molar-refractivity contribution is 5.23. The van der Waals surface area contributed by atoms with Crippen molar-refractivity contribution < 1.29 is 4.39 Å². The molecule has 0 radical (unpaired) electrons. The molecule has 1 aromatic carbocycles. The zero-order chi connectivity index (χ0) is 11.1. The number of nitrogens with zero attached hydrogens (tertiary/aromatic N) is 1. The number of aryl methyl sites for hydroxylation is 1. The number of benzene rings is 1. The lowest BCUT2D eigenvalue weighted by atomic mass is 10.1. The normalized spacial score (nSPS) is 9.64. The summed E-state index contributed by atoms with van der Waals surface area (Å²) < 4.78 is 13.0. The van der Waals surface area contributed by atoms with Crippen molar-refractivity contribution in [1.82, 2.24) is 4.90 Å². The fourth-order valence-corrected chi connectivity index (χ4v) is 1.10. The summed E-state index contributed by atoms with van der Waals surface area (Å²) in [7, 11) is 3.94. The third-order valence-electron chi connectivity index (χ3n) is 1.74. The van der Waals surface area contributed by atoms with Gasteiger partial charge >= 0.3 is 0 Å². The molecule has 0 unspecified atom stereocenters. The number of hydrogen-bond donors (Lipinski definition) is 0. The van der Waals surface area contributed by atoms with Crippen LogP contribution in [-0.2, 0) is 6.54 Å². The van der Waals surface area contributed by atoms with Gasteiger partial charge in [-0.1, -0.05) is 26.0 Å². The van der Waals surface area contributed by atoms with Crippen molar-refractivity contribution in [3.8, 4) is 0 Å². The first-order valence-corrected chi connectivity index (χ1v) is 4.99. The van der Waals surface area contributed by atoms with Crippen LogP contribution in [0.15, 0.2) is 18.2 Å². The van der Waals surface area contributed by atoms with Gasteiger partial charge in [0.05, 0.1) is 0 Å². The van der Waals surface area contributed by atoms with Crippen LogP contribution in [0, 0.1) is 12.7 Å². The largest absolute Gasteiger partial charge is 0.305 e. The highest BCUT2D eigenvalue weighted by Gasteiger charge is 1.99. The Hall–Kier alpha value is -0.890. The molecule has 80 valence electrons. The highest BCUT2D eigenvalue weighted by Crippen LogP contribution is 2.09. The van der Waals surface area contributed by atoms with E-state index in [1.54, 1.807) is 13.0 Å². The predicted octanol–water partition coefficient (Wildman–Crippen LogP) is 3.22. The SMILES string of the molecule is CC.Cc1ccc(CN(C)C)cc1F. The highest BCUT2D eigenvalue weighted by atomic mass is 19.1. The molecule has 1 nitrogen and oxygen atoms in total. The Balaban J connectivity index is 0.000000791. The minimum Gasteiger partial charge on any atom is -0.305 e. The standard InChI is InChI=1S/C10H14FN.C2H6/c1-8-4-5-9(6-10(8)11)7-12(2)3;1-2/h4-6H,7H2,1-3H3;1-2H3. The van der Waals surface area contributed by atoms with E-state index in [9.17, 15) is 4.39 Å². The third-order valence-corrected chi connectivity index (χ3v) is 1.74. The predicted molar refractivity (Wildman–Crippen MR) is 59.9 cm³/mol. The van der Waals surface area contributed by atoms with E-state index in [1.165, 1.54) is 0 Å². The number of halogens is 1. The summed E-state index contributed by atoms with van der Waals surface area (Å²) in [6, 6.07) is 5.36. The van der Waals surface area contributed by atoms with Gasteiger partial charge in [0.15, 0.2) is 0 Å². The molecule has 14 heavy (non-hydrogen) atoms. The maximum Gasteiger partial charge on any atom is 0.126 e. The quantitative estimate of drug-likeness (QED) is 0.703. The van der Waals surface area contributed by atoms with Gasteiger partial charge in [0.2, 0.25) is 0 Å². The molecule has 0 heterocycles. The molecule has 1 aromatic rings. The summed E-state index contributed by atoms with van der Waals surface area (Å²) in [6.07, 6.45) is 0.